The molecule has 0 heteroatoms. The third-order valence-corrected chi connectivity index (χ3v) is 7.58. The van der Waals surface area contributed by atoms with E-state index in [1.54, 1.807) is 0 Å². The van der Waals surface area contributed by atoms with Gasteiger partial charge < -0.3 is 0 Å². The van der Waals surface area contributed by atoms with E-state index in [4.69, 9.17) is 0 Å². The van der Waals surface area contributed by atoms with Crippen molar-refractivity contribution in [1.29, 1.82) is 0 Å². The van der Waals surface area contributed by atoms with Crippen molar-refractivity contribution in [3.63, 3.8) is 0 Å². The Morgan fingerprint density at radius 3 is 1.59 bits per heavy atom. The minimum Gasteiger partial charge on any atom is -0.0984 e. The highest BCUT2D eigenvalue weighted by Gasteiger charge is 2.24. The lowest BCUT2D eigenvalue weighted by Crippen LogP contribution is -1.93. The largest absolute Gasteiger partial charge is 0.0984 e. The van der Waals surface area contributed by atoms with Gasteiger partial charge in [0.1, 0.15) is 0 Å². The predicted molar refractivity (Wildman–Crippen MR) is 144 cm³/mol. The van der Waals surface area contributed by atoms with Crippen LogP contribution in [0.1, 0.15) is 27.8 Å². The van der Waals surface area contributed by atoms with E-state index in [9.17, 15) is 0 Å². The van der Waals surface area contributed by atoms with Gasteiger partial charge in [0.25, 0.3) is 0 Å². The van der Waals surface area contributed by atoms with Crippen LogP contribution in [0.25, 0.3) is 50.6 Å². The molecule has 0 radical (unpaired) electrons. The second-order valence-corrected chi connectivity index (χ2v) is 9.34. The number of benzene rings is 5. The van der Waals surface area contributed by atoms with Gasteiger partial charge in [0, 0.05) is 0 Å². The molecule has 34 heavy (non-hydrogen) atoms. The molecule has 7 rings (SSSR count). The molecule has 160 valence electrons. The van der Waals surface area contributed by atoms with Gasteiger partial charge in [-0.25, -0.2) is 0 Å². The summed E-state index contributed by atoms with van der Waals surface area (Å²) in [6.07, 6.45) is 3.97. The molecule has 0 atom stereocenters. The first-order valence-corrected chi connectivity index (χ1v) is 12.0. The lowest BCUT2D eigenvalue weighted by Gasteiger charge is -2.15. The molecular weight excluding hydrogens is 408 g/mol. The molecule has 0 spiro atoms. The molecule has 0 unspecified atom stereocenters. The lowest BCUT2D eigenvalue weighted by molar-refractivity contribution is 1.26. The molecule has 0 saturated carbocycles. The van der Waals surface area contributed by atoms with Crippen molar-refractivity contribution in [2.45, 2.75) is 12.8 Å². The Labute approximate surface area is 200 Å². The van der Waals surface area contributed by atoms with Crippen LogP contribution in [-0.2, 0) is 12.8 Å². The fourth-order valence-corrected chi connectivity index (χ4v) is 5.97. The van der Waals surface area contributed by atoms with Crippen LogP contribution in [0.15, 0.2) is 110 Å². The summed E-state index contributed by atoms with van der Waals surface area (Å²) in [6.45, 7) is 4.14. The van der Waals surface area contributed by atoms with Crippen molar-refractivity contribution in [2.24, 2.45) is 0 Å². The van der Waals surface area contributed by atoms with E-state index in [0.29, 0.717) is 0 Å². The summed E-state index contributed by atoms with van der Waals surface area (Å²) in [6, 6.07) is 38.0. The summed E-state index contributed by atoms with van der Waals surface area (Å²) in [5, 5.41) is 0. The van der Waals surface area contributed by atoms with E-state index in [1.807, 2.05) is 6.08 Å². The normalized spacial score (nSPS) is 12.6. The van der Waals surface area contributed by atoms with Gasteiger partial charge in [-0.3, -0.25) is 0 Å². The summed E-state index contributed by atoms with van der Waals surface area (Å²) in [5.41, 5.74) is 17.6. The Bertz CT molecular complexity index is 1620. The van der Waals surface area contributed by atoms with E-state index < -0.39 is 0 Å². The van der Waals surface area contributed by atoms with Crippen LogP contribution >= 0.6 is 0 Å². The molecule has 0 N–H and O–H groups in total. The number of rotatable bonds is 3. The second-order valence-electron chi connectivity index (χ2n) is 9.34. The van der Waals surface area contributed by atoms with Gasteiger partial charge in [-0.05, 0) is 91.2 Å². The average Bonchev–Trinajstić information content (AvgIpc) is 3.47. The zero-order valence-corrected chi connectivity index (χ0v) is 19.0. The van der Waals surface area contributed by atoms with E-state index in [2.05, 4.69) is 110 Å². The smallest absolute Gasteiger partial charge is 0.000728 e. The molecular formula is C34H24. The van der Waals surface area contributed by atoms with E-state index >= 15 is 0 Å². The Hall–Kier alpha value is -4.16. The van der Waals surface area contributed by atoms with Crippen LogP contribution in [0, 0.1) is 0 Å². The zero-order chi connectivity index (χ0) is 22.6. The Morgan fingerprint density at radius 1 is 0.471 bits per heavy atom. The highest BCUT2D eigenvalue weighted by atomic mass is 14.3. The minimum atomic E-state index is 0.985. The summed E-state index contributed by atoms with van der Waals surface area (Å²) < 4.78 is 0. The lowest BCUT2D eigenvalue weighted by atomic mass is 9.88. The molecule has 0 aliphatic heterocycles. The van der Waals surface area contributed by atoms with Gasteiger partial charge in [-0.15, -0.1) is 0 Å². The average molecular weight is 433 g/mol. The van der Waals surface area contributed by atoms with Crippen LogP contribution in [-0.4, -0.2) is 0 Å². The molecule has 0 heterocycles. The van der Waals surface area contributed by atoms with Crippen molar-refractivity contribution in [3.8, 4) is 44.5 Å². The first-order valence-electron chi connectivity index (χ1n) is 12.0. The fourth-order valence-electron chi connectivity index (χ4n) is 5.97. The van der Waals surface area contributed by atoms with Crippen LogP contribution in [0.2, 0.25) is 0 Å². The number of hydrogen-bond donors (Lipinski definition) is 0. The molecule has 2 aliphatic carbocycles. The van der Waals surface area contributed by atoms with Crippen LogP contribution in [0.4, 0.5) is 0 Å². The van der Waals surface area contributed by atoms with Crippen molar-refractivity contribution < 1.29 is 0 Å². The predicted octanol–water partition coefficient (Wildman–Crippen LogP) is 8.81. The molecule has 5 aromatic rings. The SMILES string of the molecule is C=Cc1ccc(-c2cccc3c2Cc2ccccc2-3)cc1-c1cccc2c1Cc1ccccc1-2. The van der Waals surface area contributed by atoms with Gasteiger partial charge in [0.2, 0.25) is 0 Å². The van der Waals surface area contributed by atoms with Crippen molar-refractivity contribution in [1.82, 2.24) is 0 Å². The summed E-state index contributed by atoms with van der Waals surface area (Å²) in [4.78, 5) is 0. The summed E-state index contributed by atoms with van der Waals surface area (Å²) in [7, 11) is 0. The quantitative estimate of drug-likeness (QED) is 0.262. The highest BCUT2D eigenvalue weighted by Crippen LogP contribution is 2.45. The molecule has 0 aromatic heterocycles. The van der Waals surface area contributed by atoms with Crippen LogP contribution < -0.4 is 0 Å². The Balaban J connectivity index is 1.40. The Morgan fingerprint density at radius 2 is 0.971 bits per heavy atom. The van der Waals surface area contributed by atoms with Crippen LogP contribution in [0.3, 0.4) is 0 Å². The third kappa shape index (κ3) is 2.79. The molecule has 5 aromatic carbocycles. The van der Waals surface area contributed by atoms with Gasteiger partial charge in [0.05, 0.1) is 0 Å². The summed E-state index contributed by atoms with van der Waals surface area (Å²) >= 11 is 0. The number of hydrogen-bond acceptors (Lipinski definition) is 0. The van der Waals surface area contributed by atoms with E-state index in [0.717, 1.165) is 12.8 Å². The first kappa shape index (κ1) is 19.3. The van der Waals surface area contributed by atoms with Gasteiger partial charge >= 0.3 is 0 Å². The molecule has 2 aliphatic rings. The standard InChI is InChI=1S/C34H24/c1-2-22-17-18-25(28-13-7-14-29-26-11-5-3-9-23(26)20-33(28)29)19-32(22)31-16-8-15-30-27-12-6-4-10-24(27)21-34(30)31/h2-19H,1,20-21H2. The van der Waals surface area contributed by atoms with Crippen molar-refractivity contribution >= 4 is 6.08 Å². The maximum absolute atomic E-state index is 4.14. The number of fused-ring (bicyclic) bond motifs is 6. The molecule has 0 saturated heterocycles. The fraction of sp³-hybridized carbons (Fsp3) is 0.0588. The van der Waals surface area contributed by atoms with Gasteiger partial charge in [0.15, 0.2) is 0 Å². The Kier molecular flexibility index (Phi) is 4.22. The molecule has 0 fully saturated rings. The second kappa shape index (κ2) is 7.43. The summed E-state index contributed by atoms with van der Waals surface area (Å²) in [5.74, 6) is 0. The maximum Gasteiger partial charge on any atom is -0.000728 e. The molecule has 0 bridgehead atoms. The van der Waals surface area contributed by atoms with Crippen molar-refractivity contribution in [3.05, 3.63) is 138 Å². The maximum atomic E-state index is 4.14. The first-order chi connectivity index (χ1) is 16.8. The van der Waals surface area contributed by atoms with E-state index in [1.165, 1.54) is 72.3 Å². The molecule has 0 amide bonds. The van der Waals surface area contributed by atoms with Crippen molar-refractivity contribution in [2.75, 3.05) is 0 Å². The zero-order valence-electron chi connectivity index (χ0n) is 19.0. The van der Waals surface area contributed by atoms with Crippen LogP contribution in [0.5, 0.6) is 0 Å². The highest BCUT2D eigenvalue weighted by molar-refractivity contribution is 5.91. The monoisotopic (exact) mass is 432 g/mol. The molecule has 0 nitrogen and oxygen atoms in total. The van der Waals surface area contributed by atoms with Gasteiger partial charge in [-0.2, -0.15) is 0 Å². The third-order valence-electron chi connectivity index (χ3n) is 7.58. The topological polar surface area (TPSA) is 0 Å². The van der Waals surface area contributed by atoms with E-state index in [-0.39, 0.29) is 0 Å². The van der Waals surface area contributed by atoms with Gasteiger partial charge in [-0.1, -0.05) is 110 Å². The minimum absolute atomic E-state index is 0.985.